The third-order valence-corrected chi connectivity index (χ3v) is 7.85. The van der Waals surface area contributed by atoms with E-state index in [1.54, 1.807) is 6.92 Å². The van der Waals surface area contributed by atoms with E-state index in [1.165, 1.54) is 11.1 Å². The summed E-state index contributed by atoms with van der Waals surface area (Å²) in [5, 5.41) is 2.88. The lowest BCUT2D eigenvalue weighted by molar-refractivity contribution is -0.141. The summed E-state index contributed by atoms with van der Waals surface area (Å²) in [5.41, 5.74) is 2.29. The number of nitrogens with one attached hydrogen (secondary N) is 1. The summed E-state index contributed by atoms with van der Waals surface area (Å²) in [4.78, 5) is 42.6. The molecule has 0 aromatic heterocycles. The van der Waals surface area contributed by atoms with Crippen molar-refractivity contribution in [3.05, 3.63) is 34.9 Å². The lowest BCUT2D eigenvalue weighted by Crippen LogP contribution is -2.49. The van der Waals surface area contributed by atoms with Gasteiger partial charge in [0.05, 0.1) is 0 Å². The van der Waals surface area contributed by atoms with Crippen LogP contribution >= 0.6 is 0 Å². The first-order valence-corrected chi connectivity index (χ1v) is 11.9. The molecule has 166 valence electrons. The minimum absolute atomic E-state index is 0.0799. The molecule has 6 nitrogen and oxygen atoms in total. The smallest absolute Gasteiger partial charge is 0.325 e. The van der Waals surface area contributed by atoms with Crippen molar-refractivity contribution in [1.82, 2.24) is 15.1 Å². The molecule has 5 rings (SSSR count). The molecule has 2 saturated carbocycles. The van der Waals surface area contributed by atoms with Crippen molar-refractivity contribution in [2.24, 2.45) is 5.92 Å². The summed E-state index contributed by atoms with van der Waals surface area (Å²) in [6.07, 6.45) is 9.61. The number of imide groups is 1. The minimum Gasteiger partial charge on any atom is -0.335 e. The van der Waals surface area contributed by atoms with Crippen LogP contribution in [-0.4, -0.2) is 46.3 Å². The zero-order valence-corrected chi connectivity index (χ0v) is 18.7. The van der Waals surface area contributed by atoms with Crippen LogP contribution in [0.3, 0.4) is 0 Å². The van der Waals surface area contributed by atoms with Gasteiger partial charge in [0, 0.05) is 12.1 Å². The fourth-order valence-corrected chi connectivity index (χ4v) is 5.71. The number of fused-ring (bicyclic) bond motifs is 1. The molecule has 1 atom stereocenters. The molecule has 1 aromatic carbocycles. The monoisotopic (exact) mass is 423 g/mol. The summed E-state index contributed by atoms with van der Waals surface area (Å²) in [6.45, 7) is 3.87. The maximum Gasteiger partial charge on any atom is 0.325 e. The van der Waals surface area contributed by atoms with Gasteiger partial charge in [-0.15, -0.1) is 0 Å². The largest absolute Gasteiger partial charge is 0.335 e. The predicted molar refractivity (Wildman–Crippen MR) is 117 cm³/mol. The lowest BCUT2D eigenvalue weighted by Gasteiger charge is -2.37. The highest BCUT2D eigenvalue weighted by Gasteiger charge is 2.50. The van der Waals surface area contributed by atoms with E-state index in [4.69, 9.17) is 0 Å². The summed E-state index contributed by atoms with van der Waals surface area (Å²) in [6, 6.07) is 6.16. The van der Waals surface area contributed by atoms with Crippen LogP contribution in [0.4, 0.5) is 4.79 Å². The Bertz CT molecular complexity index is 917. The first-order valence-electron chi connectivity index (χ1n) is 11.9. The van der Waals surface area contributed by atoms with E-state index in [0.717, 1.165) is 68.3 Å². The highest BCUT2D eigenvalue weighted by atomic mass is 16.2. The van der Waals surface area contributed by atoms with Crippen LogP contribution in [0.5, 0.6) is 0 Å². The Labute approximate surface area is 184 Å². The second-order valence-electron chi connectivity index (χ2n) is 10.2. The topological polar surface area (TPSA) is 69.7 Å². The molecule has 0 radical (unpaired) electrons. The van der Waals surface area contributed by atoms with Crippen LogP contribution in [-0.2, 0) is 28.0 Å². The van der Waals surface area contributed by atoms with Crippen LogP contribution in [0.1, 0.15) is 75.5 Å². The molecule has 4 aliphatic rings. The van der Waals surface area contributed by atoms with Crippen molar-refractivity contribution in [2.75, 3.05) is 6.54 Å². The van der Waals surface area contributed by atoms with Crippen molar-refractivity contribution >= 4 is 17.8 Å². The number of hydrogen-bond acceptors (Lipinski definition) is 3. The number of benzene rings is 1. The highest BCUT2D eigenvalue weighted by Crippen LogP contribution is 2.36. The van der Waals surface area contributed by atoms with Gasteiger partial charge in [0.2, 0.25) is 5.91 Å². The number of carbonyl (C=O) groups is 3. The normalized spacial score (nSPS) is 30.3. The van der Waals surface area contributed by atoms with Gasteiger partial charge in [-0.1, -0.05) is 25.1 Å². The average Bonchev–Trinajstić information content (AvgIpc) is 3.42. The SMILES string of the molecule is CC1CCC(N(C(=O)CN2C(=O)NC(C)(c3ccc4c(c3)CCC4)C2=O)C2CC2)CC1. The van der Waals surface area contributed by atoms with Crippen LogP contribution in [0, 0.1) is 5.92 Å². The van der Waals surface area contributed by atoms with E-state index in [-0.39, 0.29) is 30.4 Å². The molecule has 1 saturated heterocycles. The molecule has 1 N–H and O–H groups in total. The maximum atomic E-state index is 13.4. The van der Waals surface area contributed by atoms with Gasteiger partial charge in [-0.2, -0.15) is 0 Å². The fourth-order valence-electron chi connectivity index (χ4n) is 5.71. The van der Waals surface area contributed by atoms with Crippen LogP contribution in [0.2, 0.25) is 0 Å². The molecule has 1 unspecified atom stereocenters. The van der Waals surface area contributed by atoms with E-state index < -0.39 is 11.6 Å². The van der Waals surface area contributed by atoms with Crippen LogP contribution in [0.15, 0.2) is 18.2 Å². The molecule has 4 amide bonds. The molecule has 31 heavy (non-hydrogen) atoms. The Balaban J connectivity index is 1.33. The first kappa shape index (κ1) is 20.5. The molecule has 3 aliphatic carbocycles. The van der Waals surface area contributed by atoms with Gasteiger partial charge >= 0.3 is 6.03 Å². The number of carbonyl (C=O) groups excluding carboxylic acids is 3. The van der Waals surface area contributed by atoms with Gasteiger partial charge in [0.15, 0.2) is 0 Å². The minimum atomic E-state index is -1.11. The second-order valence-corrected chi connectivity index (χ2v) is 10.2. The van der Waals surface area contributed by atoms with Crippen molar-refractivity contribution in [3.63, 3.8) is 0 Å². The van der Waals surface area contributed by atoms with E-state index in [0.29, 0.717) is 5.92 Å². The summed E-state index contributed by atoms with van der Waals surface area (Å²) in [7, 11) is 0. The number of hydrogen-bond donors (Lipinski definition) is 1. The van der Waals surface area contributed by atoms with Gasteiger partial charge < -0.3 is 10.2 Å². The van der Waals surface area contributed by atoms with E-state index in [2.05, 4.69) is 24.4 Å². The lowest BCUT2D eigenvalue weighted by atomic mass is 9.86. The number of urea groups is 1. The molecule has 3 fully saturated rings. The fraction of sp³-hybridized carbons (Fsp3) is 0.640. The molecule has 1 heterocycles. The quantitative estimate of drug-likeness (QED) is 0.737. The van der Waals surface area contributed by atoms with Crippen molar-refractivity contribution < 1.29 is 14.4 Å². The van der Waals surface area contributed by atoms with Gasteiger partial charge in [-0.25, -0.2) is 4.79 Å². The van der Waals surface area contributed by atoms with E-state index >= 15 is 0 Å². The standard InChI is InChI=1S/C25H33N3O3/c1-16-6-10-20(11-7-16)28(21-12-13-21)22(29)15-27-23(30)25(2,26-24(27)31)19-9-8-17-4-3-5-18(17)14-19/h8-9,14,16,20-21H,3-7,10-13,15H2,1-2H3,(H,26,31). The van der Waals surface area contributed by atoms with Gasteiger partial charge in [-0.3, -0.25) is 14.5 Å². The first-order chi connectivity index (χ1) is 14.9. The van der Waals surface area contributed by atoms with E-state index in [9.17, 15) is 14.4 Å². The molecular formula is C25H33N3O3. The van der Waals surface area contributed by atoms with E-state index in [1.807, 2.05) is 11.0 Å². The third-order valence-electron chi connectivity index (χ3n) is 7.85. The molecular weight excluding hydrogens is 390 g/mol. The van der Waals surface area contributed by atoms with Crippen LogP contribution in [0.25, 0.3) is 0 Å². The summed E-state index contributed by atoms with van der Waals surface area (Å²) in [5.74, 6) is 0.312. The highest BCUT2D eigenvalue weighted by molar-refractivity contribution is 6.09. The molecule has 0 spiro atoms. The zero-order valence-electron chi connectivity index (χ0n) is 18.7. The van der Waals surface area contributed by atoms with Crippen molar-refractivity contribution in [1.29, 1.82) is 0 Å². The maximum absolute atomic E-state index is 13.4. The Kier molecular flexibility index (Phi) is 5.06. The number of nitrogens with zero attached hydrogens (tertiary/aromatic N) is 2. The van der Waals surface area contributed by atoms with Gasteiger partial charge in [0.1, 0.15) is 12.1 Å². The van der Waals surface area contributed by atoms with Crippen LogP contribution < -0.4 is 5.32 Å². The van der Waals surface area contributed by atoms with Crippen molar-refractivity contribution in [2.45, 2.75) is 89.3 Å². The molecule has 1 aromatic rings. The molecule has 1 aliphatic heterocycles. The number of amides is 4. The summed E-state index contributed by atoms with van der Waals surface area (Å²) >= 11 is 0. The molecule has 0 bridgehead atoms. The average molecular weight is 424 g/mol. The third kappa shape index (κ3) is 3.64. The van der Waals surface area contributed by atoms with Gasteiger partial charge in [0.25, 0.3) is 5.91 Å². The van der Waals surface area contributed by atoms with Crippen molar-refractivity contribution in [3.8, 4) is 0 Å². The Morgan fingerprint density at radius 3 is 2.39 bits per heavy atom. The zero-order chi connectivity index (χ0) is 21.8. The Morgan fingerprint density at radius 1 is 1.06 bits per heavy atom. The Hall–Kier alpha value is -2.37. The Morgan fingerprint density at radius 2 is 1.71 bits per heavy atom. The van der Waals surface area contributed by atoms with Gasteiger partial charge in [-0.05, 0) is 87.3 Å². The molecule has 6 heteroatoms. The predicted octanol–water partition coefficient (Wildman–Crippen LogP) is 3.51. The second kappa shape index (κ2) is 7.64. The number of rotatable bonds is 5. The number of aryl methyl sites for hydroxylation is 2. The summed E-state index contributed by atoms with van der Waals surface area (Å²) < 4.78 is 0.